The zero-order valence-corrected chi connectivity index (χ0v) is 21.1. The molecule has 0 unspecified atom stereocenters. The van der Waals surface area contributed by atoms with E-state index in [4.69, 9.17) is 0 Å². The highest BCUT2D eigenvalue weighted by Crippen LogP contribution is 2.33. The molecule has 2 heterocycles. The van der Waals surface area contributed by atoms with Gasteiger partial charge in [-0.05, 0) is 70.7 Å². The van der Waals surface area contributed by atoms with Gasteiger partial charge in [0.05, 0.1) is 16.9 Å². The topological polar surface area (TPSA) is 82.7 Å². The van der Waals surface area contributed by atoms with Crippen molar-refractivity contribution in [2.75, 3.05) is 5.32 Å². The van der Waals surface area contributed by atoms with Crippen molar-refractivity contribution in [3.63, 3.8) is 0 Å². The van der Waals surface area contributed by atoms with Crippen molar-refractivity contribution >= 4 is 22.5 Å². The summed E-state index contributed by atoms with van der Waals surface area (Å²) in [7, 11) is 0. The number of aromatic nitrogens is 3. The van der Waals surface area contributed by atoms with Crippen molar-refractivity contribution in [2.45, 2.75) is 90.4 Å². The predicted octanol–water partition coefficient (Wildman–Crippen LogP) is 5.92. The summed E-state index contributed by atoms with van der Waals surface area (Å²) in [5.74, 6) is -0.107. The van der Waals surface area contributed by atoms with Crippen LogP contribution in [0.4, 0.5) is 10.1 Å². The van der Waals surface area contributed by atoms with Crippen molar-refractivity contribution in [3.8, 4) is 0 Å². The standard InChI is InChI=1S/C27H36FN5O/c1-16-7-12-20-19(13-16)21(14-24(31-20)27(5,6)28)29-17-8-10-18(11-9-17)30-25(34)22-15-23(33-32-22)26(2,3)4/h7,12-15,17-18H,8-11H2,1-6H3,(H,29,31)(H,30,34)(H,32,33). The first-order chi connectivity index (χ1) is 15.9. The average molecular weight is 466 g/mol. The Morgan fingerprint density at radius 1 is 1.00 bits per heavy atom. The first-order valence-electron chi connectivity index (χ1n) is 12.1. The molecule has 0 radical (unpaired) electrons. The molecule has 2 aromatic heterocycles. The molecule has 0 bridgehead atoms. The Kier molecular flexibility index (Phi) is 6.40. The summed E-state index contributed by atoms with van der Waals surface area (Å²) < 4.78 is 14.7. The van der Waals surface area contributed by atoms with Gasteiger partial charge in [0.15, 0.2) is 0 Å². The van der Waals surface area contributed by atoms with Gasteiger partial charge in [-0.2, -0.15) is 5.10 Å². The molecular weight excluding hydrogens is 429 g/mol. The second-order valence-corrected chi connectivity index (χ2v) is 11.1. The number of anilines is 1. The van der Waals surface area contributed by atoms with Crippen LogP contribution in [-0.2, 0) is 11.1 Å². The minimum atomic E-state index is -1.52. The number of nitrogens with one attached hydrogen (secondary N) is 3. The van der Waals surface area contributed by atoms with Crippen molar-refractivity contribution in [1.29, 1.82) is 0 Å². The fraction of sp³-hybridized carbons (Fsp3) is 0.519. The van der Waals surface area contributed by atoms with Gasteiger partial charge in [0.1, 0.15) is 11.4 Å². The van der Waals surface area contributed by atoms with Crippen LogP contribution in [0.3, 0.4) is 0 Å². The van der Waals surface area contributed by atoms with E-state index in [2.05, 4.69) is 52.7 Å². The Morgan fingerprint density at radius 2 is 1.68 bits per heavy atom. The molecule has 1 aromatic carbocycles. The third kappa shape index (κ3) is 5.40. The van der Waals surface area contributed by atoms with E-state index in [0.717, 1.165) is 53.5 Å². The molecule has 3 aromatic rings. The molecule has 1 amide bonds. The van der Waals surface area contributed by atoms with E-state index in [0.29, 0.717) is 11.4 Å². The van der Waals surface area contributed by atoms with Gasteiger partial charge in [-0.25, -0.2) is 9.37 Å². The van der Waals surface area contributed by atoms with Gasteiger partial charge in [0.2, 0.25) is 0 Å². The van der Waals surface area contributed by atoms with Gasteiger partial charge in [0, 0.05) is 28.6 Å². The number of hydrogen-bond acceptors (Lipinski definition) is 4. The minimum absolute atomic E-state index is 0.105. The van der Waals surface area contributed by atoms with E-state index in [-0.39, 0.29) is 23.4 Å². The van der Waals surface area contributed by atoms with E-state index in [9.17, 15) is 9.18 Å². The summed E-state index contributed by atoms with van der Waals surface area (Å²) in [6.07, 6.45) is 3.61. The van der Waals surface area contributed by atoms with Crippen LogP contribution in [0.2, 0.25) is 0 Å². The highest BCUT2D eigenvalue weighted by molar-refractivity contribution is 5.93. The average Bonchev–Trinajstić information content (AvgIpc) is 3.26. The van der Waals surface area contributed by atoms with Crippen LogP contribution in [0.5, 0.6) is 0 Å². The van der Waals surface area contributed by atoms with Crippen molar-refractivity contribution in [2.24, 2.45) is 0 Å². The molecule has 4 rings (SSSR count). The number of alkyl halides is 1. The maximum absolute atomic E-state index is 14.7. The van der Waals surface area contributed by atoms with Gasteiger partial charge in [-0.1, -0.05) is 32.4 Å². The maximum Gasteiger partial charge on any atom is 0.269 e. The van der Waals surface area contributed by atoms with E-state index in [1.807, 2.05) is 31.2 Å². The van der Waals surface area contributed by atoms with Crippen molar-refractivity contribution in [3.05, 3.63) is 53.0 Å². The lowest BCUT2D eigenvalue weighted by Crippen LogP contribution is -2.40. The molecule has 1 aliphatic carbocycles. The number of benzene rings is 1. The fourth-order valence-corrected chi connectivity index (χ4v) is 4.45. The highest BCUT2D eigenvalue weighted by atomic mass is 19.1. The van der Waals surface area contributed by atoms with E-state index < -0.39 is 5.67 Å². The van der Waals surface area contributed by atoms with Crippen LogP contribution in [0.15, 0.2) is 30.3 Å². The number of fused-ring (bicyclic) bond motifs is 1. The molecule has 0 spiro atoms. The number of carbonyl (C=O) groups excluding carboxylic acids is 1. The maximum atomic E-state index is 14.7. The summed E-state index contributed by atoms with van der Waals surface area (Å²) in [6, 6.07) is 10.1. The molecule has 1 aliphatic rings. The van der Waals surface area contributed by atoms with Crippen LogP contribution in [0.1, 0.15) is 87.7 Å². The molecule has 7 heteroatoms. The van der Waals surface area contributed by atoms with E-state index in [1.54, 1.807) is 0 Å². The molecule has 1 saturated carbocycles. The lowest BCUT2D eigenvalue weighted by atomic mass is 9.90. The van der Waals surface area contributed by atoms with Gasteiger partial charge in [-0.15, -0.1) is 0 Å². The predicted molar refractivity (Wildman–Crippen MR) is 135 cm³/mol. The smallest absolute Gasteiger partial charge is 0.269 e. The first-order valence-corrected chi connectivity index (χ1v) is 12.1. The van der Waals surface area contributed by atoms with E-state index in [1.165, 1.54) is 13.8 Å². The van der Waals surface area contributed by atoms with Gasteiger partial charge >= 0.3 is 0 Å². The fourth-order valence-electron chi connectivity index (χ4n) is 4.45. The number of hydrogen-bond donors (Lipinski definition) is 3. The third-order valence-corrected chi connectivity index (χ3v) is 6.59. The Bertz CT molecular complexity index is 1180. The monoisotopic (exact) mass is 465 g/mol. The molecule has 0 atom stereocenters. The molecule has 3 N–H and O–H groups in total. The van der Waals surface area contributed by atoms with Crippen LogP contribution in [0.25, 0.3) is 10.9 Å². The summed E-state index contributed by atoms with van der Waals surface area (Å²) in [6.45, 7) is 11.3. The summed E-state index contributed by atoms with van der Waals surface area (Å²) >= 11 is 0. The number of amides is 1. The Morgan fingerprint density at radius 3 is 2.29 bits per heavy atom. The molecule has 34 heavy (non-hydrogen) atoms. The summed E-state index contributed by atoms with van der Waals surface area (Å²) in [5.41, 5.74) is 3.06. The quantitative estimate of drug-likeness (QED) is 0.437. The van der Waals surface area contributed by atoms with Crippen molar-refractivity contribution < 1.29 is 9.18 Å². The Hall–Kier alpha value is -2.96. The number of carbonyl (C=O) groups is 1. The number of halogens is 1. The van der Waals surface area contributed by atoms with Crippen molar-refractivity contribution in [1.82, 2.24) is 20.5 Å². The van der Waals surface area contributed by atoms with Crippen LogP contribution in [0, 0.1) is 6.92 Å². The lowest BCUT2D eigenvalue weighted by Gasteiger charge is -2.31. The third-order valence-electron chi connectivity index (χ3n) is 6.59. The Balaban J connectivity index is 1.42. The highest BCUT2D eigenvalue weighted by Gasteiger charge is 2.27. The molecule has 0 aliphatic heterocycles. The number of aryl methyl sites for hydroxylation is 1. The second-order valence-electron chi connectivity index (χ2n) is 11.1. The number of rotatable bonds is 5. The first kappa shape index (κ1) is 24.2. The van der Waals surface area contributed by atoms with Gasteiger partial charge in [0.25, 0.3) is 5.91 Å². The normalized spacial score (nSPS) is 19.3. The minimum Gasteiger partial charge on any atom is -0.382 e. The zero-order valence-electron chi connectivity index (χ0n) is 21.1. The van der Waals surface area contributed by atoms with E-state index >= 15 is 0 Å². The van der Waals surface area contributed by atoms with Crippen LogP contribution < -0.4 is 10.6 Å². The molecular formula is C27H36FN5O. The van der Waals surface area contributed by atoms with Crippen LogP contribution in [-0.4, -0.2) is 33.2 Å². The van der Waals surface area contributed by atoms with Gasteiger partial charge < -0.3 is 10.6 Å². The number of nitrogens with zero attached hydrogens (tertiary/aromatic N) is 2. The number of aromatic amines is 1. The summed E-state index contributed by atoms with van der Waals surface area (Å²) in [4.78, 5) is 17.3. The SMILES string of the molecule is Cc1ccc2nc(C(C)(C)F)cc(NC3CCC(NC(=O)c4cc(C(C)(C)C)n[nH]4)CC3)c2c1. The number of H-pyrrole nitrogens is 1. The molecule has 1 fully saturated rings. The molecule has 0 saturated heterocycles. The molecule has 6 nitrogen and oxygen atoms in total. The summed E-state index contributed by atoms with van der Waals surface area (Å²) in [5, 5.41) is 15.0. The van der Waals surface area contributed by atoms with Crippen LogP contribution >= 0.6 is 0 Å². The Labute approximate surface area is 201 Å². The zero-order chi connectivity index (χ0) is 24.7. The largest absolute Gasteiger partial charge is 0.382 e. The number of pyridine rings is 1. The van der Waals surface area contributed by atoms with Gasteiger partial charge in [-0.3, -0.25) is 9.89 Å². The lowest BCUT2D eigenvalue weighted by molar-refractivity contribution is 0.0921. The second kappa shape index (κ2) is 9.01. The molecule has 182 valence electrons.